The number of carbonyl (C=O) groups is 2. The van der Waals surface area contributed by atoms with E-state index in [4.69, 9.17) is 4.74 Å². The molecule has 3 heterocycles. The van der Waals surface area contributed by atoms with Gasteiger partial charge in [-0.1, -0.05) is 12.1 Å². The van der Waals surface area contributed by atoms with Crippen LogP contribution in [-0.4, -0.2) is 45.6 Å². The van der Waals surface area contributed by atoms with Crippen molar-refractivity contribution >= 4 is 46.0 Å². The predicted octanol–water partition coefficient (Wildman–Crippen LogP) is 4.43. The Morgan fingerprint density at radius 1 is 1.11 bits per heavy atom. The number of nitrogens with zero attached hydrogens (tertiary/aromatic N) is 1. The quantitative estimate of drug-likeness (QED) is 0.144. The molecule has 0 atom stereocenters. The Morgan fingerprint density at radius 2 is 1.82 bits per heavy atom. The van der Waals surface area contributed by atoms with E-state index in [0.717, 1.165) is 56.9 Å². The summed E-state index contributed by atoms with van der Waals surface area (Å²) in [5, 5.41) is 18.7. The van der Waals surface area contributed by atoms with Gasteiger partial charge in [-0.2, -0.15) is 0 Å². The maximum absolute atomic E-state index is 13.2. The fourth-order valence-electron chi connectivity index (χ4n) is 5.09. The number of aldehydes is 1. The number of hydrogen-bond donors (Lipinski definition) is 3. The molecule has 10 heteroatoms. The van der Waals surface area contributed by atoms with Crippen LogP contribution >= 0.6 is 22.7 Å². The van der Waals surface area contributed by atoms with Gasteiger partial charge in [-0.3, -0.25) is 9.36 Å². The maximum atomic E-state index is 13.2. The van der Waals surface area contributed by atoms with Crippen molar-refractivity contribution in [3.05, 3.63) is 79.0 Å². The molecule has 0 radical (unpaired) electrons. The smallest absolute Gasteiger partial charge is 0.349 e. The minimum atomic E-state index is -1.76. The summed E-state index contributed by atoms with van der Waals surface area (Å²) in [7, 11) is 0. The second-order valence-electron chi connectivity index (χ2n) is 9.68. The van der Waals surface area contributed by atoms with Crippen LogP contribution in [0.3, 0.4) is 0 Å². The molecule has 1 aromatic carbocycles. The van der Waals surface area contributed by atoms with E-state index < -0.39 is 11.6 Å². The van der Waals surface area contributed by atoms with Crippen LogP contribution in [0, 0.1) is 0 Å². The van der Waals surface area contributed by atoms with E-state index in [9.17, 15) is 19.5 Å². The third kappa shape index (κ3) is 5.54. The van der Waals surface area contributed by atoms with Crippen LogP contribution in [0.5, 0.6) is 0 Å². The monoisotopic (exact) mass is 553 g/mol. The highest BCUT2D eigenvalue weighted by atomic mass is 32.1. The highest BCUT2D eigenvalue weighted by Gasteiger charge is 2.45. The molecule has 1 aliphatic carbocycles. The Morgan fingerprint density at radius 3 is 2.45 bits per heavy atom. The van der Waals surface area contributed by atoms with Gasteiger partial charge in [-0.25, -0.2) is 9.59 Å². The first kappa shape index (κ1) is 26.6. The van der Waals surface area contributed by atoms with Gasteiger partial charge in [0.05, 0.1) is 20.8 Å². The molecule has 8 nitrogen and oxygen atoms in total. The van der Waals surface area contributed by atoms with E-state index in [1.807, 2.05) is 29.0 Å². The number of rotatable bonds is 11. The van der Waals surface area contributed by atoms with Crippen LogP contribution in [0.2, 0.25) is 0 Å². The zero-order chi connectivity index (χ0) is 26.5. The largest absolute Gasteiger partial charge is 0.460 e. The zero-order valence-corrected chi connectivity index (χ0v) is 22.6. The molecular formula is C28H31N3O5S2. The average Bonchev–Trinajstić information content (AvgIpc) is 3.71. The second-order valence-corrected chi connectivity index (χ2v) is 11.6. The first-order valence-electron chi connectivity index (χ1n) is 12.9. The molecule has 0 amide bonds. The normalized spacial score (nSPS) is 18.0. The van der Waals surface area contributed by atoms with E-state index in [2.05, 4.69) is 10.3 Å². The number of unbranched alkanes of at least 4 members (excludes halogenated alkanes) is 1. The lowest BCUT2D eigenvalue weighted by Gasteiger charge is -2.32. The highest BCUT2D eigenvalue weighted by molar-refractivity contribution is 7.12. The van der Waals surface area contributed by atoms with E-state index in [-0.39, 0.29) is 11.8 Å². The first-order chi connectivity index (χ1) is 18.5. The Balaban J connectivity index is 1.06. The second kappa shape index (κ2) is 11.8. The lowest BCUT2D eigenvalue weighted by atomic mass is 9.92. The summed E-state index contributed by atoms with van der Waals surface area (Å²) >= 11 is 2.69. The highest BCUT2D eigenvalue weighted by Crippen LogP contribution is 2.37. The van der Waals surface area contributed by atoms with Gasteiger partial charge in [-0.15, -0.1) is 22.7 Å². The van der Waals surface area contributed by atoms with Crippen molar-refractivity contribution in [3.8, 4) is 0 Å². The van der Waals surface area contributed by atoms with E-state index in [1.165, 1.54) is 22.7 Å². The number of H-pyrrole nitrogens is 1. The molecule has 38 heavy (non-hydrogen) atoms. The number of carbonyl (C=O) groups excluding carboxylic acids is 2. The fourth-order valence-corrected chi connectivity index (χ4v) is 6.80. The summed E-state index contributed by atoms with van der Waals surface area (Å²) in [5.41, 5.74) is 0.112. The molecule has 0 bridgehead atoms. The van der Waals surface area contributed by atoms with E-state index in [0.29, 0.717) is 33.4 Å². The van der Waals surface area contributed by atoms with Gasteiger partial charge in [0.15, 0.2) is 0 Å². The van der Waals surface area contributed by atoms with Gasteiger partial charge in [0, 0.05) is 18.2 Å². The molecule has 3 N–H and O–H groups in total. The van der Waals surface area contributed by atoms with Crippen LogP contribution in [0.15, 0.2) is 58.0 Å². The Kier molecular flexibility index (Phi) is 8.23. The number of aromatic nitrogens is 2. The molecular weight excluding hydrogens is 522 g/mol. The molecule has 0 aliphatic heterocycles. The van der Waals surface area contributed by atoms with Crippen LogP contribution < -0.4 is 11.0 Å². The van der Waals surface area contributed by atoms with Crippen molar-refractivity contribution in [2.75, 3.05) is 6.54 Å². The van der Waals surface area contributed by atoms with Crippen molar-refractivity contribution in [1.29, 1.82) is 0 Å². The van der Waals surface area contributed by atoms with Gasteiger partial charge in [0.1, 0.15) is 12.4 Å². The summed E-state index contributed by atoms with van der Waals surface area (Å²) in [4.78, 5) is 40.4. The number of fused-ring (bicyclic) bond motifs is 1. The Bertz CT molecular complexity index is 1380. The minimum absolute atomic E-state index is 0.158. The molecule has 5 rings (SSSR count). The summed E-state index contributed by atoms with van der Waals surface area (Å²) < 4.78 is 7.56. The number of ether oxygens (including phenoxy) is 1. The zero-order valence-electron chi connectivity index (χ0n) is 20.9. The number of aryl methyl sites for hydroxylation is 1. The van der Waals surface area contributed by atoms with Crippen molar-refractivity contribution in [2.45, 2.75) is 62.8 Å². The van der Waals surface area contributed by atoms with Crippen LogP contribution in [-0.2, 0) is 21.7 Å². The lowest BCUT2D eigenvalue weighted by Crippen LogP contribution is -2.41. The Labute approximate surface area is 228 Å². The number of benzene rings is 1. The summed E-state index contributed by atoms with van der Waals surface area (Å²) in [6, 6.07) is 12.8. The third-order valence-electron chi connectivity index (χ3n) is 7.17. The number of imidazole rings is 1. The average molecular weight is 554 g/mol. The van der Waals surface area contributed by atoms with E-state index in [1.54, 1.807) is 28.8 Å². The predicted molar refractivity (Wildman–Crippen MR) is 149 cm³/mol. The number of aromatic amines is 1. The molecule has 0 saturated heterocycles. The van der Waals surface area contributed by atoms with Gasteiger partial charge < -0.3 is 20.1 Å². The van der Waals surface area contributed by atoms with Gasteiger partial charge in [0.2, 0.25) is 5.60 Å². The molecule has 200 valence electrons. The van der Waals surface area contributed by atoms with E-state index >= 15 is 0 Å². The molecule has 3 aromatic heterocycles. The third-order valence-corrected chi connectivity index (χ3v) is 9.13. The lowest BCUT2D eigenvalue weighted by molar-refractivity contribution is -0.169. The van der Waals surface area contributed by atoms with Crippen LogP contribution in [0.25, 0.3) is 11.0 Å². The molecule has 4 aromatic rings. The minimum Gasteiger partial charge on any atom is -0.460 e. The maximum Gasteiger partial charge on any atom is 0.349 e. The molecule has 0 unspecified atom stereocenters. The van der Waals surface area contributed by atoms with Gasteiger partial charge in [-0.05, 0) is 86.2 Å². The SMILES string of the molecule is O=Cc1ccc2c(c1)[nH]c(=O)n2CCCCN[C@H]1CC[C@H](OC(=O)C(O)(c2cccs2)c2cccs2)CC1. The summed E-state index contributed by atoms with van der Waals surface area (Å²) in [5.74, 6) is -0.603. The first-order valence-corrected chi connectivity index (χ1v) is 14.7. The van der Waals surface area contributed by atoms with Crippen molar-refractivity contribution in [2.24, 2.45) is 0 Å². The number of thiophene rings is 2. The van der Waals surface area contributed by atoms with Crippen LogP contribution in [0.1, 0.15) is 58.6 Å². The topological polar surface area (TPSA) is 113 Å². The summed E-state index contributed by atoms with van der Waals surface area (Å²) in [6.07, 6.45) is 5.64. The van der Waals surface area contributed by atoms with Crippen molar-refractivity contribution < 1.29 is 19.4 Å². The molecule has 1 aliphatic rings. The number of nitrogens with one attached hydrogen (secondary N) is 2. The van der Waals surface area contributed by atoms with Crippen molar-refractivity contribution in [3.63, 3.8) is 0 Å². The number of aliphatic hydroxyl groups is 1. The van der Waals surface area contributed by atoms with Crippen LogP contribution in [0.4, 0.5) is 0 Å². The standard InChI is InChI=1S/C28H31N3O5S2/c32-18-19-7-12-23-22(17-19)30-27(34)31(23)14-2-1-13-29-20-8-10-21(11-9-20)36-26(33)28(35,24-5-3-15-37-24)25-6-4-16-38-25/h3-7,12,15-18,20-21,29,35H,1-2,8-11,13-14H2,(H,30,34)/t20-,21-. The van der Waals surface area contributed by atoms with Gasteiger partial charge >= 0.3 is 11.7 Å². The Hall–Kier alpha value is -3.05. The molecule has 1 fully saturated rings. The van der Waals surface area contributed by atoms with Gasteiger partial charge in [0.25, 0.3) is 0 Å². The number of hydrogen-bond acceptors (Lipinski definition) is 8. The molecule has 0 spiro atoms. The fraction of sp³-hybridized carbons (Fsp3) is 0.393. The number of esters is 1. The van der Waals surface area contributed by atoms with Crippen molar-refractivity contribution in [1.82, 2.24) is 14.9 Å². The summed E-state index contributed by atoms with van der Waals surface area (Å²) in [6.45, 7) is 1.46. The molecule has 1 saturated carbocycles.